The lowest BCUT2D eigenvalue weighted by atomic mass is 9.99. The molecule has 1 N–H and O–H groups in total. The van der Waals surface area contributed by atoms with Crippen LogP contribution >= 0.6 is 0 Å². The van der Waals surface area contributed by atoms with Crippen molar-refractivity contribution in [3.63, 3.8) is 0 Å². The molecule has 3 nitrogen and oxygen atoms in total. The molecule has 0 aromatic carbocycles. The SMILES string of the molecule is C=C/C=C(\C=C/C)Nc1nccc(C2=CCCC(C)=C2)n1.CC.CC. The Balaban J connectivity index is 0.00000134. The van der Waals surface area contributed by atoms with E-state index in [1.807, 2.05) is 58.9 Å². The Morgan fingerprint density at radius 1 is 1.24 bits per heavy atom. The highest BCUT2D eigenvalue weighted by Gasteiger charge is 2.07. The Hall–Kier alpha value is -2.42. The first-order chi connectivity index (χ1) is 12.2. The van der Waals surface area contributed by atoms with Crippen LogP contribution in [0.3, 0.4) is 0 Å². The van der Waals surface area contributed by atoms with Gasteiger partial charge >= 0.3 is 0 Å². The van der Waals surface area contributed by atoms with Crippen LogP contribution in [0.5, 0.6) is 0 Å². The van der Waals surface area contributed by atoms with Crippen molar-refractivity contribution in [3.8, 4) is 0 Å². The van der Waals surface area contributed by atoms with Crippen molar-refractivity contribution in [1.29, 1.82) is 0 Å². The maximum Gasteiger partial charge on any atom is 0.227 e. The molecule has 25 heavy (non-hydrogen) atoms. The smallest absolute Gasteiger partial charge is 0.227 e. The average molecular weight is 340 g/mol. The summed E-state index contributed by atoms with van der Waals surface area (Å²) in [5.41, 5.74) is 4.42. The van der Waals surface area contributed by atoms with E-state index >= 15 is 0 Å². The molecule has 1 aromatic heterocycles. The van der Waals surface area contributed by atoms with Gasteiger partial charge in [-0.3, -0.25) is 0 Å². The summed E-state index contributed by atoms with van der Waals surface area (Å²) in [6, 6.07) is 1.94. The van der Waals surface area contributed by atoms with E-state index in [2.05, 4.69) is 40.9 Å². The summed E-state index contributed by atoms with van der Waals surface area (Å²) in [6.45, 7) is 15.8. The molecule has 3 heteroatoms. The molecular weight excluding hydrogens is 306 g/mol. The second kappa shape index (κ2) is 14.0. The zero-order valence-corrected chi connectivity index (χ0v) is 16.6. The van der Waals surface area contributed by atoms with Crippen molar-refractivity contribution < 1.29 is 0 Å². The van der Waals surface area contributed by atoms with Crippen LogP contribution in [0.25, 0.3) is 5.57 Å². The van der Waals surface area contributed by atoms with Crippen molar-refractivity contribution in [2.45, 2.75) is 54.4 Å². The van der Waals surface area contributed by atoms with Crippen molar-refractivity contribution >= 4 is 11.5 Å². The van der Waals surface area contributed by atoms with Gasteiger partial charge in [-0.1, -0.05) is 64.2 Å². The van der Waals surface area contributed by atoms with Crippen molar-refractivity contribution in [2.24, 2.45) is 0 Å². The van der Waals surface area contributed by atoms with Gasteiger partial charge in [0.05, 0.1) is 5.69 Å². The number of aromatic nitrogens is 2. The van der Waals surface area contributed by atoms with E-state index in [9.17, 15) is 0 Å². The highest BCUT2D eigenvalue weighted by atomic mass is 15.1. The molecular formula is C22H33N3. The molecule has 0 spiro atoms. The van der Waals surface area contributed by atoms with Crippen LogP contribution in [0.2, 0.25) is 0 Å². The Bertz CT molecular complexity index is 634. The van der Waals surface area contributed by atoms with E-state index in [0.29, 0.717) is 5.95 Å². The second-order valence-electron chi connectivity index (χ2n) is 4.94. The van der Waals surface area contributed by atoms with Crippen LogP contribution in [-0.4, -0.2) is 9.97 Å². The summed E-state index contributed by atoms with van der Waals surface area (Å²) < 4.78 is 0. The molecule has 0 aliphatic heterocycles. The Kier molecular flexibility index (Phi) is 12.6. The molecule has 0 saturated carbocycles. The second-order valence-corrected chi connectivity index (χ2v) is 4.94. The number of anilines is 1. The van der Waals surface area contributed by atoms with E-state index in [-0.39, 0.29) is 0 Å². The van der Waals surface area contributed by atoms with Gasteiger partial charge in [0.1, 0.15) is 0 Å². The molecule has 0 atom stereocenters. The summed E-state index contributed by atoms with van der Waals surface area (Å²) in [4.78, 5) is 8.87. The fourth-order valence-corrected chi connectivity index (χ4v) is 2.18. The Morgan fingerprint density at radius 2 is 1.96 bits per heavy atom. The van der Waals surface area contributed by atoms with Gasteiger partial charge in [0.2, 0.25) is 5.95 Å². The molecule has 2 rings (SSSR count). The van der Waals surface area contributed by atoms with Gasteiger partial charge in [-0.05, 0) is 50.5 Å². The minimum absolute atomic E-state index is 0.594. The Morgan fingerprint density at radius 3 is 2.56 bits per heavy atom. The molecule has 0 unspecified atom stereocenters. The van der Waals surface area contributed by atoms with Gasteiger partial charge < -0.3 is 5.32 Å². The molecule has 1 heterocycles. The number of hydrogen-bond acceptors (Lipinski definition) is 3. The lowest BCUT2D eigenvalue weighted by molar-refractivity contribution is 0.962. The van der Waals surface area contributed by atoms with Gasteiger partial charge in [0, 0.05) is 11.9 Å². The van der Waals surface area contributed by atoms with Gasteiger partial charge in [0.25, 0.3) is 0 Å². The molecule has 1 aromatic rings. The molecule has 0 amide bonds. The summed E-state index contributed by atoms with van der Waals surface area (Å²) in [5, 5.41) is 3.20. The van der Waals surface area contributed by atoms with Crippen molar-refractivity contribution in [1.82, 2.24) is 9.97 Å². The van der Waals surface area contributed by atoms with E-state index in [4.69, 9.17) is 0 Å². The minimum atomic E-state index is 0.594. The first-order valence-corrected chi connectivity index (χ1v) is 9.16. The maximum atomic E-state index is 4.59. The fraction of sp³-hybridized carbons (Fsp3) is 0.364. The number of allylic oxidation sites excluding steroid dienone is 8. The van der Waals surface area contributed by atoms with Gasteiger partial charge in [0.15, 0.2) is 0 Å². The van der Waals surface area contributed by atoms with Crippen LogP contribution in [0.15, 0.2) is 66.6 Å². The molecule has 0 bridgehead atoms. The van der Waals surface area contributed by atoms with Gasteiger partial charge in [-0.2, -0.15) is 0 Å². The molecule has 0 fully saturated rings. The van der Waals surface area contributed by atoms with Gasteiger partial charge in [-0.15, -0.1) is 0 Å². The summed E-state index contributed by atoms with van der Waals surface area (Å²) in [6.07, 6.45) is 16.0. The predicted molar refractivity (Wildman–Crippen MR) is 112 cm³/mol. The summed E-state index contributed by atoms with van der Waals surface area (Å²) in [7, 11) is 0. The third-order valence-electron chi connectivity index (χ3n) is 3.16. The van der Waals surface area contributed by atoms with E-state index in [1.165, 1.54) is 11.1 Å². The van der Waals surface area contributed by atoms with Gasteiger partial charge in [-0.25, -0.2) is 9.97 Å². The number of rotatable bonds is 5. The minimum Gasteiger partial charge on any atom is -0.324 e. The van der Waals surface area contributed by atoms with Crippen LogP contribution in [-0.2, 0) is 0 Å². The molecule has 0 saturated heterocycles. The fourth-order valence-electron chi connectivity index (χ4n) is 2.18. The molecule has 1 aliphatic rings. The lowest BCUT2D eigenvalue weighted by Crippen LogP contribution is -2.03. The highest BCUT2D eigenvalue weighted by Crippen LogP contribution is 2.24. The third-order valence-corrected chi connectivity index (χ3v) is 3.16. The normalized spacial score (nSPS) is 13.6. The summed E-state index contributed by atoms with van der Waals surface area (Å²) >= 11 is 0. The number of hydrogen-bond donors (Lipinski definition) is 1. The standard InChI is InChI=1S/C18H21N3.2C2H6/c1-4-7-16(8-5-2)20-18-19-12-11-17(21-18)15-10-6-9-14(3)13-15;2*1-2/h4-5,7-8,10-13H,1,6,9H2,2-3H3,(H,19,20,21);2*1-2H3/b8-5-,16-7+;;. The van der Waals surface area contributed by atoms with E-state index in [1.54, 1.807) is 12.3 Å². The highest BCUT2D eigenvalue weighted by molar-refractivity contribution is 5.73. The first-order valence-electron chi connectivity index (χ1n) is 9.16. The van der Waals surface area contributed by atoms with Crippen LogP contribution in [0.4, 0.5) is 5.95 Å². The first kappa shape index (κ1) is 22.6. The average Bonchev–Trinajstić information content (AvgIpc) is 2.66. The quantitative estimate of drug-likeness (QED) is 0.606. The van der Waals surface area contributed by atoms with Crippen molar-refractivity contribution in [3.05, 3.63) is 72.3 Å². The summed E-state index contributed by atoms with van der Waals surface area (Å²) in [5.74, 6) is 0.594. The van der Waals surface area contributed by atoms with Crippen LogP contribution in [0.1, 0.15) is 60.1 Å². The zero-order valence-electron chi connectivity index (χ0n) is 16.6. The predicted octanol–water partition coefficient (Wildman–Crippen LogP) is 6.71. The van der Waals surface area contributed by atoms with Crippen molar-refractivity contribution in [2.75, 3.05) is 5.32 Å². The largest absolute Gasteiger partial charge is 0.324 e. The topological polar surface area (TPSA) is 37.8 Å². The zero-order chi connectivity index (χ0) is 19.1. The lowest BCUT2D eigenvalue weighted by Gasteiger charge is -2.11. The number of nitrogens with zero attached hydrogens (tertiary/aromatic N) is 2. The Labute approximate surface area is 154 Å². The van der Waals surface area contributed by atoms with E-state index < -0.39 is 0 Å². The number of nitrogens with one attached hydrogen (secondary N) is 1. The third kappa shape index (κ3) is 8.30. The van der Waals surface area contributed by atoms with E-state index in [0.717, 1.165) is 24.2 Å². The molecule has 136 valence electrons. The molecule has 1 aliphatic carbocycles. The monoisotopic (exact) mass is 339 g/mol. The van der Waals surface area contributed by atoms with Crippen LogP contribution in [0, 0.1) is 0 Å². The maximum absolute atomic E-state index is 4.59. The van der Waals surface area contributed by atoms with Crippen LogP contribution < -0.4 is 5.32 Å². The molecule has 0 radical (unpaired) electrons.